The summed E-state index contributed by atoms with van der Waals surface area (Å²) in [5.41, 5.74) is 0. The van der Waals surface area contributed by atoms with Gasteiger partial charge in [-0.1, -0.05) is 18.7 Å². The second kappa shape index (κ2) is 6.42. The van der Waals surface area contributed by atoms with Crippen LogP contribution in [-0.4, -0.2) is 24.8 Å². The van der Waals surface area contributed by atoms with Gasteiger partial charge in [-0.15, -0.1) is 11.6 Å². The van der Waals surface area contributed by atoms with Crippen LogP contribution < -0.4 is 0 Å². The van der Waals surface area contributed by atoms with Gasteiger partial charge in [0.05, 0.1) is 6.26 Å². The summed E-state index contributed by atoms with van der Waals surface area (Å²) in [6.07, 6.45) is 1.51. The summed E-state index contributed by atoms with van der Waals surface area (Å²) in [5.74, 6) is 0.700. The Balaban J connectivity index is 3.79. The fraction of sp³-hybridized carbons (Fsp3) is 1.00. The van der Waals surface area contributed by atoms with Crippen molar-refractivity contribution in [2.75, 3.05) is 24.8 Å². The molecule has 0 radical (unpaired) electrons. The highest BCUT2D eigenvalue weighted by molar-refractivity contribution is 8.12. The SMILES string of the molecule is CCOP(=S)(CC)CCCCl. The minimum atomic E-state index is -1.47. The zero-order chi connectivity index (χ0) is 8.74. The van der Waals surface area contributed by atoms with Crippen LogP contribution in [0.1, 0.15) is 20.3 Å². The van der Waals surface area contributed by atoms with Crippen LogP contribution in [0.4, 0.5) is 0 Å². The molecule has 68 valence electrons. The Morgan fingerprint density at radius 3 is 2.45 bits per heavy atom. The lowest BCUT2D eigenvalue weighted by molar-refractivity contribution is 0.376. The molecule has 1 atom stereocenters. The largest absolute Gasteiger partial charge is 0.351 e. The quantitative estimate of drug-likeness (QED) is 0.497. The molecule has 0 N–H and O–H groups in total. The van der Waals surface area contributed by atoms with Crippen LogP contribution in [0.2, 0.25) is 0 Å². The third-order valence-corrected chi connectivity index (χ3v) is 6.07. The van der Waals surface area contributed by atoms with Crippen LogP contribution in [0.5, 0.6) is 0 Å². The van der Waals surface area contributed by atoms with Crippen molar-refractivity contribution in [1.29, 1.82) is 0 Å². The van der Waals surface area contributed by atoms with E-state index in [0.717, 1.165) is 25.4 Å². The van der Waals surface area contributed by atoms with Crippen molar-refractivity contribution in [3.63, 3.8) is 0 Å². The molecule has 0 aliphatic rings. The van der Waals surface area contributed by atoms with E-state index in [9.17, 15) is 0 Å². The predicted molar refractivity (Wildman–Crippen MR) is 56.7 cm³/mol. The summed E-state index contributed by atoms with van der Waals surface area (Å²) in [4.78, 5) is 0. The van der Waals surface area contributed by atoms with Gasteiger partial charge >= 0.3 is 0 Å². The number of hydrogen-bond acceptors (Lipinski definition) is 2. The molecule has 0 amide bonds. The second-order valence-electron chi connectivity index (χ2n) is 2.31. The van der Waals surface area contributed by atoms with Gasteiger partial charge in [-0.3, -0.25) is 0 Å². The van der Waals surface area contributed by atoms with Crippen LogP contribution in [0, 0.1) is 0 Å². The monoisotopic (exact) mass is 214 g/mol. The second-order valence-corrected chi connectivity index (χ2v) is 7.66. The molecule has 0 heterocycles. The fourth-order valence-corrected chi connectivity index (χ4v) is 3.61. The Bertz CT molecular complexity index is 140. The molecule has 0 saturated heterocycles. The van der Waals surface area contributed by atoms with Gasteiger partial charge in [-0.25, -0.2) is 0 Å². The molecule has 0 fully saturated rings. The van der Waals surface area contributed by atoms with E-state index in [4.69, 9.17) is 27.9 Å². The molecular weight excluding hydrogens is 199 g/mol. The van der Waals surface area contributed by atoms with Crippen molar-refractivity contribution in [2.24, 2.45) is 0 Å². The smallest absolute Gasteiger partial charge is 0.0671 e. The van der Waals surface area contributed by atoms with Gasteiger partial charge in [0, 0.05) is 18.6 Å². The molecular formula is C7H16ClOPS. The van der Waals surface area contributed by atoms with Crippen LogP contribution in [0.15, 0.2) is 0 Å². The molecule has 0 saturated carbocycles. The van der Waals surface area contributed by atoms with Crippen LogP contribution >= 0.6 is 17.9 Å². The van der Waals surface area contributed by atoms with Crippen molar-refractivity contribution in [1.82, 2.24) is 0 Å². The maximum Gasteiger partial charge on any atom is 0.0671 e. The van der Waals surface area contributed by atoms with Crippen molar-refractivity contribution >= 4 is 29.7 Å². The van der Waals surface area contributed by atoms with Crippen LogP contribution in [-0.2, 0) is 16.3 Å². The van der Waals surface area contributed by atoms with E-state index in [1.165, 1.54) is 0 Å². The van der Waals surface area contributed by atoms with E-state index in [-0.39, 0.29) is 0 Å². The summed E-state index contributed by atoms with van der Waals surface area (Å²) >= 11 is 11.0. The number of halogens is 1. The third-order valence-electron chi connectivity index (χ3n) is 1.48. The van der Waals surface area contributed by atoms with E-state index in [2.05, 4.69) is 6.92 Å². The highest BCUT2D eigenvalue weighted by Gasteiger charge is 2.12. The van der Waals surface area contributed by atoms with Gasteiger partial charge in [0.15, 0.2) is 0 Å². The van der Waals surface area contributed by atoms with E-state index in [1.807, 2.05) is 6.92 Å². The van der Waals surface area contributed by atoms with Gasteiger partial charge in [-0.2, -0.15) is 0 Å². The lowest BCUT2D eigenvalue weighted by Gasteiger charge is -2.18. The standard InChI is InChI=1S/C7H16ClOPS/c1-3-9-10(11,4-2)7-5-6-8/h3-7H2,1-2H3. The van der Waals surface area contributed by atoms with Gasteiger partial charge in [-0.05, 0) is 19.5 Å². The molecule has 0 rings (SSSR count). The number of alkyl halides is 1. The first-order chi connectivity index (χ1) is 5.18. The topological polar surface area (TPSA) is 9.23 Å². The first-order valence-corrected chi connectivity index (χ1v) is 7.59. The lowest BCUT2D eigenvalue weighted by Crippen LogP contribution is -1.98. The number of hydrogen-bond donors (Lipinski definition) is 0. The minimum Gasteiger partial charge on any atom is -0.351 e. The molecule has 0 bridgehead atoms. The van der Waals surface area contributed by atoms with Crippen LogP contribution in [0.3, 0.4) is 0 Å². The van der Waals surface area contributed by atoms with E-state index in [0.29, 0.717) is 5.88 Å². The van der Waals surface area contributed by atoms with E-state index >= 15 is 0 Å². The predicted octanol–water partition coefficient (Wildman–Crippen LogP) is 3.07. The van der Waals surface area contributed by atoms with Crippen molar-refractivity contribution < 1.29 is 4.52 Å². The molecule has 0 aliphatic carbocycles. The Hall–Kier alpha value is 0.900. The molecule has 0 aromatic heterocycles. The Morgan fingerprint density at radius 2 is 2.09 bits per heavy atom. The normalized spacial score (nSPS) is 16.3. The summed E-state index contributed by atoms with van der Waals surface area (Å²) in [7, 11) is 0. The first kappa shape index (κ1) is 11.9. The van der Waals surface area contributed by atoms with Gasteiger partial charge < -0.3 is 4.52 Å². The maximum absolute atomic E-state index is 5.58. The molecule has 0 aromatic rings. The van der Waals surface area contributed by atoms with E-state index < -0.39 is 6.26 Å². The highest BCUT2D eigenvalue weighted by Crippen LogP contribution is 2.47. The van der Waals surface area contributed by atoms with Gasteiger partial charge in [0.25, 0.3) is 0 Å². The summed E-state index contributed by atoms with van der Waals surface area (Å²) in [6, 6.07) is 0. The number of rotatable bonds is 6. The van der Waals surface area contributed by atoms with Crippen molar-refractivity contribution in [2.45, 2.75) is 20.3 Å². The third kappa shape index (κ3) is 5.19. The zero-order valence-electron chi connectivity index (χ0n) is 7.18. The zero-order valence-corrected chi connectivity index (χ0v) is 9.64. The fourth-order valence-electron chi connectivity index (χ4n) is 0.850. The molecule has 1 unspecified atom stereocenters. The summed E-state index contributed by atoms with van der Waals surface area (Å²) in [6.45, 7) is 4.84. The van der Waals surface area contributed by atoms with E-state index in [1.54, 1.807) is 0 Å². The van der Waals surface area contributed by atoms with Crippen molar-refractivity contribution in [3.8, 4) is 0 Å². The molecule has 4 heteroatoms. The summed E-state index contributed by atoms with van der Waals surface area (Å²) in [5, 5.41) is 0. The first-order valence-electron chi connectivity index (χ1n) is 3.97. The van der Waals surface area contributed by atoms with Crippen LogP contribution in [0.25, 0.3) is 0 Å². The average Bonchev–Trinajstić information content (AvgIpc) is 2.02. The molecule has 0 spiro atoms. The Labute approximate surface area is 79.6 Å². The molecule has 11 heavy (non-hydrogen) atoms. The van der Waals surface area contributed by atoms with Crippen molar-refractivity contribution in [3.05, 3.63) is 0 Å². The molecule has 0 aromatic carbocycles. The maximum atomic E-state index is 5.58. The average molecular weight is 215 g/mol. The Kier molecular flexibility index (Phi) is 6.94. The highest BCUT2D eigenvalue weighted by atomic mass is 35.5. The summed E-state index contributed by atoms with van der Waals surface area (Å²) < 4.78 is 5.55. The van der Waals surface area contributed by atoms with Gasteiger partial charge in [0.1, 0.15) is 0 Å². The lowest BCUT2D eigenvalue weighted by atomic mass is 10.6. The molecule has 1 nitrogen and oxygen atoms in total. The molecule has 0 aliphatic heterocycles. The van der Waals surface area contributed by atoms with Gasteiger partial charge in [0.2, 0.25) is 0 Å². The minimum absolute atomic E-state index is 0.700. The Morgan fingerprint density at radius 1 is 1.45 bits per heavy atom.